The molecule has 2 amide bonds. The number of carbonyl (C=O) groups excluding carboxylic acids is 1. The average molecular weight is 214 g/mol. The van der Waals surface area contributed by atoms with Crippen LogP contribution in [0.25, 0.3) is 0 Å². The summed E-state index contributed by atoms with van der Waals surface area (Å²) in [6.45, 7) is 12.4. The lowest BCUT2D eigenvalue weighted by Gasteiger charge is -2.34. The van der Waals surface area contributed by atoms with Crippen molar-refractivity contribution in [2.45, 2.75) is 53.5 Å². The van der Waals surface area contributed by atoms with Crippen LogP contribution >= 0.6 is 0 Å². The Labute approximate surface area is 94.2 Å². The first-order valence-corrected chi connectivity index (χ1v) is 6.09. The van der Waals surface area contributed by atoms with Gasteiger partial charge < -0.3 is 10.2 Å². The smallest absolute Gasteiger partial charge is 0.317 e. The lowest BCUT2D eigenvalue weighted by Crippen LogP contribution is -2.51. The number of hydrogen-bond acceptors (Lipinski definition) is 1. The van der Waals surface area contributed by atoms with E-state index in [1.807, 2.05) is 4.90 Å². The zero-order chi connectivity index (χ0) is 11.8. The monoisotopic (exact) mass is 214 g/mol. The Kier molecular flexibility index (Phi) is 7.18. The van der Waals surface area contributed by atoms with Crippen LogP contribution < -0.4 is 5.32 Å². The second-order valence-corrected chi connectivity index (χ2v) is 4.47. The van der Waals surface area contributed by atoms with Crippen molar-refractivity contribution in [3.05, 3.63) is 0 Å². The predicted molar refractivity (Wildman–Crippen MR) is 65.0 cm³/mol. The molecule has 0 spiro atoms. The van der Waals surface area contributed by atoms with Gasteiger partial charge in [-0.2, -0.15) is 0 Å². The first kappa shape index (κ1) is 14.3. The summed E-state index contributed by atoms with van der Waals surface area (Å²) in [5.41, 5.74) is 0. The standard InChI is InChI=1S/C9H18N2O.C3H8/c1-7(2)8(3)11-6-4-5-10-9(11)12;1-3-2/h7-8H,4-6H2,1-3H3,(H,10,12);3H2,1-2H3. The largest absolute Gasteiger partial charge is 0.338 e. The molecule has 1 saturated heterocycles. The molecule has 1 aliphatic heterocycles. The van der Waals surface area contributed by atoms with Crippen LogP contribution in [0.1, 0.15) is 47.5 Å². The van der Waals surface area contributed by atoms with Gasteiger partial charge in [-0.3, -0.25) is 0 Å². The Hall–Kier alpha value is -0.730. The van der Waals surface area contributed by atoms with E-state index in [0.29, 0.717) is 12.0 Å². The van der Waals surface area contributed by atoms with Crippen LogP contribution in [-0.2, 0) is 0 Å². The number of nitrogens with zero attached hydrogens (tertiary/aromatic N) is 1. The van der Waals surface area contributed by atoms with Crippen molar-refractivity contribution >= 4 is 6.03 Å². The summed E-state index contributed by atoms with van der Waals surface area (Å²) >= 11 is 0. The van der Waals surface area contributed by atoms with Crippen LogP contribution in [0.15, 0.2) is 0 Å². The maximum atomic E-state index is 11.4. The molecule has 3 heteroatoms. The first-order valence-electron chi connectivity index (χ1n) is 6.09. The molecule has 1 unspecified atom stereocenters. The van der Waals surface area contributed by atoms with Gasteiger partial charge in [0.05, 0.1) is 0 Å². The SMILES string of the molecule is CC(C)C(C)N1CCCNC1=O.CCC. The predicted octanol–water partition coefficient (Wildman–Crippen LogP) is 2.86. The molecule has 1 fully saturated rings. The van der Waals surface area contributed by atoms with Crippen LogP contribution in [0.4, 0.5) is 4.79 Å². The molecule has 0 radical (unpaired) electrons. The fourth-order valence-electron chi connectivity index (χ4n) is 1.40. The molecule has 1 heterocycles. The van der Waals surface area contributed by atoms with E-state index >= 15 is 0 Å². The van der Waals surface area contributed by atoms with E-state index in [1.165, 1.54) is 6.42 Å². The Morgan fingerprint density at radius 2 is 1.87 bits per heavy atom. The van der Waals surface area contributed by atoms with E-state index in [0.717, 1.165) is 19.5 Å². The van der Waals surface area contributed by atoms with Gasteiger partial charge in [0.2, 0.25) is 0 Å². The summed E-state index contributed by atoms with van der Waals surface area (Å²) in [6, 6.07) is 0.452. The van der Waals surface area contributed by atoms with E-state index in [4.69, 9.17) is 0 Å². The Morgan fingerprint density at radius 3 is 2.27 bits per heavy atom. The lowest BCUT2D eigenvalue weighted by atomic mass is 10.0. The number of nitrogens with one attached hydrogen (secondary N) is 1. The van der Waals surface area contributed by atoms with Crippen molar-refractivity contribution in [1.82, 2.24) is 10.2 Å². The molecule has 0 aliphatic carbocycles. The van der Waals surface area contributed by atoms with Crippen molar-refractivity contribution in [1.29, 1.82) is 0 Å². The maximum Gasteiger partial charge on any atom is 0.317 e. The van der Waals surface area contributed by atoms with Gasteiger partial charge >= 0.3 is 6.03 Å². The van der Waals surface area contributed by atoms with Gasteiger partial charge in [0, 0.05) is 19.1 Å². The summed E-state index contributed by atoms with van der Waals surface area (Å²) in [5.74, 6) is 0.536. The summed E-state index contributed by atoms with van der Waals surface area (Å²) in [7, 11) is 0. The highest BCUT2D eigenvalue weighted by Gasteiger charge is 2.24. The molecule has 1 N–H and O–H groups in total. The van der Waals surface area contributed by atoms with Crippen LogP contribution in [0.3, 0.4) is 0 Å². The van der Waals surface area contributed by atoms with Gasteiger partial charge in [-0.05, 0) is 19.3 Å². The van der Waals surface area contributed by atoms with Crippen LogP contribution in [0, 0.1) is 5.92 Å². The van der Waals surface area contributed by atoms with Crippen LogP contribution in [-0.4, -0.2) is 30.1 Å². The van der Waals surface area contributed by atoms with Crippen molar-refractivity contribution in [2.75, 3.05) is 13.1 Å². The van der Waals surface area contributed by atoms with E-state index in [9.17, 15) is 4.79 Å². The highest BCUT2D eigenvalue weighted by atomic mass is 16.2. The van der Waals surface area contributed by atoms with Crippen LogP contribution in [0.2, 0.25) is 0 Å². The molecule has 90 valence electrons. The van der Waals surface area contributed by atoms with E-state index in [1.54, 1.807) is 0 Å². The zero-order valence-electron chi connectivity index (χ0n) is 10.8. The highest BCUT2D eigenvalue weighted by molar-refractivity contribution is 5.75. The van der Waals surface area contributed by atoms with Crippen LogP contribution in [0.5, 0.6) is 0 Å². The second kappa shape index (κ2) is 7.55. The third-order valence-electron chi connectivity index (χ3n) is 2.57. The normalized spacial score (nSPS) is 18.0. The molecule has 0 aromatic rings. The molecule has 15 heavy (non-hydrogen) atoms. The van der Waals surface area contributed by atoms with Gasteiger partial charge in [-0.25, -0.2) is 4.79 Å². The number of carbonyl (C=O) groups is 1. The minimum Gasteiger partial charge on any atom is -0.338 e. The molecular weight excluding hydrogens is 188 g/mol. The molecule has 3 nitrogen and oxygen atoms in total. The lowest BCUT2D eigenvalue weighted by molar-refractivity contribution is 0.149. The van der Waals surface area contributed by atoms with Crippen molar-refractivity contribution in [3.8, 4) is 0 Å². The third-order valence-corrected chi connectivity index (χ3v) is 2.57. The quantitative estimate of drug-likeness (QED) is 0.753. The Bertz CT molecular complexity index is 180. The highest BCUT2D eigenvalue weighted by Crippen LogP contribution is 2.12. The summed E-state index contributed by atoms with van der Waals surface area (Å²) in [5, 5.41) is 2.85. The second-order valence-electron chi connectivity index (χ2n) is 4.47. The van der Waals surface area contributed by atoms with Gasteiger partial charge in [0.15, 0.2) is 0 Å². The number of rotatable bonds is 2. The number of urea groups is 1. The third kappa shape index (κ3) is 5.05. The molecular formula is C12H26N2O. The molecule has 1 aliphatic rings. The van der Waals surface area contributed by atoms with Gasteiger partial charge in [0.1, 0.15) is 0 Å². The van der Waals surface area contributed by atoms with E-state index in [-0.39, 0.29) is 6.03 Å². The van der Waals surface area contributed by atoms with E-state index in [2.05, 4.69) is 39.9 Å². The fraction of sp³-hybridized carbons (Fsp3) is 0.917. The van der Waals surface area contributed by atoms with Gasteiger partial charge in [-0.1, -0.05) is 34.1 Å². The summed E-state index contributed by atoms with van der Waals surface area (Å²) < 4.78 is 0. The minimum atomic E-state index is 0.0995. The van der Waals surface area contributed by atoms with Gasteiger partial charge in [0.25, 0.3) is 0 Å². The minimum absolute atomic E-state index is 0.0995. The Balaban J connectivity index is 0.000000583. The van der Waals surface area contributed by atoms with E-state index < -0.39 is 0 Å². The zero-order valence-corrected chi connectivity index (χ0v) is 10.8. The van der Waals surface area contributed by atoms with Crippen molar-refractivity contribution in [3.63, 3.8) is 0 Å². The first-order chi connectivity index (χ1) is 7.04. The summed E-state index contributed by atoms with van der Waals surface area (Å²) in [4.78, 5) is 13.3. The molecule has 0 aromatic heterocycles. The van der Waals surface area contributed by atoms with Crippen molar-refractivity contribution in [2.24, 2.45) is 5.92 Å². The number of amides is 2. The van der Waals surface area contributed by atoms with Crippen molar-refractivity contribution < 1.29 is 4.79 Å². The molecule has 1 atom stereocenters. The molecule has 0 aromatic carbocycles. The fourth-order valence-corrected chi connectivity index (χ4v) is 1.40. The average Bonchev–Trinajstić information content (AvgIpc) is 2.18. The summed E-state index contributed by atoms with van der Waals surface area (Å²) in [6.07, 6.45) is 2.32. The molecule has 0 bridgehead atoms. The number of hydrogen-bond donors (Lipinski definition) is 1. The topological polar surface area (TPSA) is 32.3 Å². The molecule has 1 rings (SSSR count). The molecule has 0 saturated carbocycles. The maximum absolute atomic E-state index is 11.4. The Morgan fingerprint density at radius 1 is 1.33 bits per heavy atom. The van der Waals surface area contributed by atoms with Gasteiger partial charge in [-0.15, -0.1) is 0 Å².